The van der Waals surface area contributed by atoms with Crippen LogP contribution in [0.2, 0.25) is 0 Å². The van der Waals surface area contributed by atoms with Gasteiger partial charge in [-0.25, -0.2) is 0 Å². The summed E-state index contributed by atoms with van der Waals surface area (Å²) in [6, 6.07) is 5.03. The largest absolute Gasteiger partial charge is 0.421 e. The average Bonchev–Trinajstić information content (AvgIpc) is 2.26. The number of carbonyl (C=O) groups is 1. The first kappa shape index (κ1) is 14.5. The highest BCUT2D eigenvalue weighted by atomic mass is 19.4. The zero-order chi connectivity index (χ0) is 14.1. The average molecular weight is 261 g/mol. The van der Waals surface area contributed by atoms with Gasteiger partial charge in [-0.15, -0.1) is 0 Å². The van der Waals surface area contributed by atoms with E-state index in [-0.39, 0.29) is 11.5 Å². The monoisotopic (exact) mass is 261 g/mol. The highest BCUT2D eigenvalue weighted by molar-refractivity contribution is 5.90. The van der Waals surface area contributed by atoms with E-state index in [1.807, 2.05) is 0 Å². The molecule has 0 aliphatic carbocycles. The van der Waals surface area contributed by atoms with Gasteiger partial charge in [-0.1, -0.05) is 12.1 Å². The summed E-state index contributed by atoms with van der Waals surface area (Å²) in [7, 11) is 1.51. The summed E-state index contributed by atoms with van der Waals surface area (Å²) in [4.78, 5) is 12.4. The van der Waals surface area contributed by atoms with Gasteiger partial charge in [0.15, 0.2) is 5.60 Å². The molecule has 1 unspecified atom stereocenters. The van der Waals surface area contributed by atoms with E-state index in [4.69, 9.17) is 0 Å². The van der Waals surface area contributed by atoms with Crippen molar-refractivity contribution in [2.24, 2.45) is 0 Å². The van der Waals surface area contributed by atoms with E-state index in [0.29, 0.717) is 12.6 Å². The molecule has 18 heavy (non-hydrogen) atoms. The Bertz CT molecular complexity index is 438. The van der Waals surface area contributed by atoms with Crippen molar-refractivity contribution in [2.45, 2.75) is 25.6 Å². The number of aliphatic hydroxyl groups is 1. The maximum absolute atomic E-state index is 12.6. The molecular weight excluding hydrogens is 247 g/mol. The number of hydrogen-bond acceptors (Lipinski definition) is 2. The number of amides is 1. The molecule has 0 heterocycles. The van der Waals surface area contributed by atoms with Crippen molar-refractivity contribution in [2.75, 3.05) is 11.9 Å². The van der Waals surface area contributed by atoms with Gasteiger partial charge < -0.3 is 10.0 Å². The molecule has 0 aromatic heterocycles. The van der Waals surface area contributed by atoms with Crippen LogP contribution in [0.25, 0.3) is 0 Å². The van der Waals surface area contributed by atoms with Crippen molar-refractivity contribution in [1.29, 1.82) is 0 Å². The Morgan fingerprint density at radius 2 is 1.67 bits per heavy atom. The van der Waals surface area contributed by atoms with Crippen molar-refractivity contribution in [3.8, 4) is 0 Å². The van der Waals surface area contributed by atoms with Gasteiger partial charge in [-0.05, 0) is 24.6 Å². The van der Waals surface area contributed by atoms with E-state index >= 15 is 0 Å². The first-order valence-electron chi connectivity index (χ1n) is 5.21. The third-order valence-corrected chi connectivity index (χ3v) is 2.84. The van der Waals surface area contributed by atoms with Gasteiger partial charge in [-0.2, -0.15) is 13.2 Å². The number of alkyl halides is 3. The summed E-state index contributed by atoms with van der Waals surface area (Å²) >= 11 is 0. The lowest BCUT2D eigenvalue weighted by molar-refractivity contribution is -0.258. The lowest BCUT2D eigenvalue weighted by Crippen LogP contribution is -2.39. The standard InChI is InChI=1S/C12H14F3NO2/c1-8(17)16(3)10-6-4-9(5-7-10)11(2,18)12(13,14)15/h4-7,18H,1-3H3. The summed E-state index contributed by atoms with van der Waals surface area (Å²) < 4.78 is 37.8. The summed E-state index contributed by atoms with van der Waals surface area (Å²) in [5.74, 6) is -0.231. The molecule has 0 saturated heterocycles. The topological polar surface area (TPSA) is 40.5 Å². The van der Waals surface area contributed by atoms with E-state index in [9.17, 15) is 23.1 Å². The lowest BCUT2D eigenvalue weighted by Gasteiger charge is -2.27. The molecule has 1 N–H and O–H groups in total. The molecule has 0 aliphatic heterocycles. The van der Waals surface area contributed by atoms with Crippen LogP contribution in [0.3, 0.4) is 0 Å². The van der Waals surface area contributed by atoms with E-state index < -0.39 is 11.8 Å². The summed E-state index contributed by atoms with van der Waals surface area (Å²) in [5.41, 5.74) is -2.71. The maximum atomic E-state index is 12.6. The van der Waals surface area contributed by atoms with Crippen molar-refractivity contribution in [3.63, 3.8) is 0 Å². The Hall–Kier alpha value is -1.56. The highest BCUT2D eigenvalue weighted by Crippen LogP contribution is 2.38. The zero-order valence-corrected chi connectivity index (χ0v) is 10.2. The first-order valence-corrected chi connectivity index (χ1v) is 5.21. The minimum atomic E-state index is -4.75. The Morgan fingerprint density at radius 1 is 1.22 bits per heavy atom. The second kappa shape index (κ2) is 4.61. The van der Waals surface area contributed by atoms with Gasteiger partial charge in [0.05, 0.1) is 0 Å². The first-order chi connectivity index (χ1) is 8.07. The molecule has 1 amide bonds. The molecule has 1 aromatic rings. The summed E-state index contributed by atoms with van der Waals surface area (Å²) in [5, 5.41) is 9.46. The predicted molar refractivity (Wildman–Crippen MR) is 61.2 cm³/mol. The number of anilines is 1. The SMILES string of the molecule is CC(=O)N(C)c1ccc(C(C)(O)C(F)(F)F)cc1. The van der Waals surface area contributed by atoms with Crippen LogP contribution < -0.4 is 4.90 Å². The van der Waals surface area contributed by atoms with Crippen LogP contribution in [0.4, 0.5) is 18.9 Å². The van der Waals surface area contributed by atoms with Gasteiger partial charge >= 0.3 is 6.18 Å². The van der Waals surface area contributed by atoms with Gasteiger partial charge in [0.25, 0.3) is 0 Å². The molecule has 0 fully saturated rings. The van der Waals surface area contributed by atoms with Gasteiger partial charge in [0.2, 0.25) is 5.91 Å². The fourth-order valence-corrected chi connectivity index (χ4v) is 1.36. The van der Waals surface area contributed by atoms with Crippen molar-refractivity contribution in [3.05, 3.63) is 29.8 Å². The fraction of sp³-hybridized carbons (Fsp3) is 0.417. The molecule has 0 aliphatic rings. The van der Waals surface area contributed by atoms with Crippen LogP contribution in [-0.4, -0.2) is 24.2 Å². The van der Waals surface area contributed by atoms with Gasteiger partial charge in [0, 0.05) is 19.7 Å². The van der Waals surface area contributed by atoms with E-state index in [2.05, 4.69) is 0 Å². The lowest BCUT2D eigenvalue weighted by atomic mass is 9.95. The molecule has 1 rings (SSSR count). The van der Waals surface area contributed by atoms with Gasteiger partial charge in [0.1, 0.15) is 0 Å². The molecule has 0 radical (unpaired) electrons. The summed E-state index contributed by atoms with van der Waals surface area (Å²) in [6.07, 6.45) is -4.75. The van der Waals surface area contributed by atoms with Crippen LogP contribution in [0.5, 0.6) is 0 Å². The molecule has 3 nitrogen and oxygen atoms in total. The number of nitrogens with zero attached hydrogens (tertiary/aromatic N) is 1. The van der Waals surface area contributed by atoms with Crippen molar-refractivity contribution < 1.29 is 23.1 Å². The minimum Gasteiger partial charge on any atom is -0.376 e. The third-order valence-electron chi connectivity index (χ3n) is 2.84. The number of benzene rings is 1. The van der Waals surface area contributed by atoms with Crippen LogP contribution in [0, 0.1) is 0 Å². The van der Waals surface area contributed by atoms with Crippen molar-refractivity contribution >= 4 is 11.6 Å². The number of halogens is 3. The Morgan fingerprint density at radius 3 is 2.00 bits per heavy atom. The van der Waals surface area contributed by atoms with Crippen LogP contribution in [0.1, 0.15) is 19.4 Å². The molecule has 6 heteroatoms. The van der Waals surface area contributed by atoms with Crippen LogP contribution in [-0.2, 0) is 10.4 Å². The molecule has 0 bridgehead atoms. The molecule has 100 valence electrons. The molecule has 1 aromatic carbocycles. The molecular formula is C12H14F3NO2. The molecule has 0 saturated carbocycles. The van der Waals surface area contributed by atoms with Gasteiger partial charge in [-0.3, -0.25) is 4.79 Å². The van der Waals surface area contributed by atoms with Crippen LogP contribution >= 0.6 is 0 Å². The zero-order valence-electron chi connectivity index (χ0n) is 10.2. The fourth-order valence-electron chi connectivity index (χ4n) is 1.36. The predicted octanol–water partition coefficient (Wildman–Crippen LogP) is 2.44. The molecule has 0 spiro atoms. The number of rotatable bonds is 2. The summed E-state index contributed by atoms with van der Waals surface area (Å²) in [6.45, 7) is 2.04. The van der Waals surface area contributed by atoms with Crippen molar-refractivity contribution in [1.82, 2.24) is 0 Å². The molecule has 1 atom stereocenters. The smallest absolute Gasteiger partial charge is 0.376 e. The van der Waals surface area contributed by atoms with E-state index in [1.165, 1.54) is 31.0 Å². The number of carbonyl (C=O) groups excluding carboxylic acids is 1. The van der Waals surface area contributed by atoms with E-state index in [0.717, 1.165) is 12.1 Å². The Balaban J connectivity index is 3.07. The Labute approximate surface area is 103 Å². The Kier molecular flexibility index (Phi) is 3.71. The normalized spacial score (nSPS) is 15.1. The second-order valence-corrected chi connectivity index (χ2v) is 4.19. The minimum absolute atomic E-state index is 0.231. The third kappa shape index (κ3) is 2.64. The number of hydrogen-bond donors (Lipinski definition) is 1. The van der Waals surface area contributed by atoms with Crippen LogP contribution in [0.15, 0.2) is 24.3 Å². The van der Waals surface area contributed by atoms with E-state index in [1.54, 1.807) is 0 Å². The quantitative estimate of drug-likeness (QED) is 0.888. The highest BCUT2D eigenvalue weighted by Gasteiger charge is 2.51. The maximum Gasteiger partial charge on any atom is 0.421 e. The second-order valence-electron chi connectivity index (χ2n) is 4.19.